The highest BCUT2D eigenvalue weighted by Crippen LogP contribution is 2.34. The Morgan fingerprint density at radius 1 is 1.03 bits per heavy atom. The molecule has 2 aromatic rings. The van der Waals surface area contributed by atoms with Gasteiger partial charge in [0.1, 0.15) is 0 Å². The van der Waals surface area contributed by atoms with Crippen LogP contribution in [0, 0.1) is 0 Å². The first-order valence-electron chi connectivity index (χ1n) is 11.4. The van der Waals surface area contributed by atoms with Crippen LogP contribution >= 0.6 is 0 Å². The fourth-order valence-corrected chi connectivity index (χ4v) is 4.53. The van der Waals surface area contributed by atoms with E-state index in [0.29, 0.717) is 32.1 Å². The number of imide groups is 1. The van der Waals surface area contributed by atoms with Crippen LogP contribution in [-0.2, 0) is 19.1 Å². The van der Waals surface area contributed by atoms with Gasteiger partial charge in [0.25, 0.3) is 0 Å². The van der Waals surface area contributed by atoms with Crippen LogP contribution in [0.2, 0.25) is 0 Å². The van der Waals surface area contributed by atoms with Gasteiger partial charge in [0, 0.05) is 19.4 Å². The van der Waals surface area contributed by atoms with Crippen LogP contribution < -0.4 is 0 Å². The molecule has 0 aromatic heterocycles. The second kappa shape index (κ2) is 10.7. The molecular formula is C26H31NO4. The Balaban J connectivity index is 1.37. The average molecular weight is 422 g/mol. The third-order valence-corrected chi connectivity index (χ3v) is 6.15. The van der Waals surface area contributed by atoms with E-state index in [9.17, 15) is 9.59 Å². The predicted molar refractivity (Wildman–Crippen MR) is 118 cm³/mol. The average Bonchev–Trinajstić information content (AvgIpc) is 3.21. The number of hydrogen-bond donors (Lipinski definition) is 0. The quantitative estimate of drug-likeness (QED) is 0.578. The van der Waals surface area contributed by atoms with E-state index in [1.54, 1.807) is 0 Å². The van der Waals surface area contributed by atoms with Crippen LogP contribution in [0.5, 0.6) is 0 Å². The number of hydrogen-bond acceptors (Lipinski definition) is 4. The molecule has 0 saturated carbocycles. The third kappa shape index (κ3) is 5.60. The number of amides is 2. The summed E-state index contributed by atoms with van der Waals surface area (Å²) in [5.74, 6) is -0.151. The zero-order chi connectivity index (χ0) is 21.5. The Morgan fingerprint density at radius 2 is 1.77 bits per heavy atom. The number of carbonyl (C=O) groups is 2. The number of rotatable bonds is 8. The van der Waals surface area contributed by atoms with Crippen molar-refractivity contribution >= 4 is 11.8 Å². The second-order valence-corrected chi connectivity index (χ2v) is 8.35. The molecule has 164 valence electrons. The van der Waals surface area contributed by atoms with E-state index in [4.69, 9.17) is 9.47 Å². The molecule has 2 aromatic carbocycles. The lowest BCUT2D eigenvalue weighted by Gasteiger charge is -2.28. The molecule has 2 aliphatic rings. The Kier molecular flexibility index (Phi) is 7.49. The summed E-state index contributed by atoms with van der Waals surface area (Å²) in [5, 5.41) is 0. The van der Waals surface area contributed by atoms with Crippen molar-refractivity contribution in [3.8, 4) is 0 Å². The summed E-state index contributed by atoms with van der Waals surface area (Å²) in [4.78, 5) is 26.9. The monoisotopic (exact) mass is 421 g/mol. The van der Waals surface area contributed by atoms with Gasteiger partial charge in [-0.15, -0.1) is 0 Å². The maximum Gasteiger partial charge on any atom is 0.229 e. The third-order valence-electron chi connectivity index (χ3n) is 6.15. The van der Waals surface area contributed by atoms with Gasteiger partial charge in [-0.2, -0.15) is 0 Å². The highest BCUT2D eigenvalue weighted by atomic mass is 16.7. The molecule has 0 aliphatic carbocycles. The highest BCUT2D eigenvalue weighted by Gasteiger charge is 2.36. The van der Waals surface area contributed by atoms with Crippen LogP contribution in [0.15, 0.2) is 60.7 Å². The lowest BCUT2D eigenvalue weighted by molar-refractivity contribution is -0.191. The molecule has 2 heterocycles. The summed E-state index contributed by atoms with van der Waals surface area (Å²) in [6.45, 7) is 0.739. The van der Waals surface area contributed by atoms with Crippen molar-refractivity contribution in [1.82, 2.24) is 4.90 Å². The molecule has 5 nitrogen and oxygen atoms in total. The fourth-order valence-electron chi connectivity index (χ4n) is 4.53. The maximum atomic E-state index is 13.0. The van der Waals surface area contributed by atoms with Crippen molar-refractivity contribution in [3.63, 3.8) is 0 Å². The SMILES string of the molecule is O=C(CCC[C@H](OC1CCCCO1)c1ccccc1)N1C(=O)CC[C@@H]1c1ccccc1. The minimum atomic E-state index is -0.183. The lowest BCUT2D eigenvalue weighted by atomic mass is 10.0. The molecule has 2 fully saturated rings. The molecule has 4 rings (SSSR count). The highest BCUT2D eigenvalue weighted by molar-refractivity contribution is 5.97. The number of carbonyl (C=O) groups excluding carboxylic acids is 2. The molecule has 3 atom stereocenters. The molecule has 2 saturated heterocycles. The zero-order valence-electron chi connectivity index (χ0n) is 17.9. The Bertz CT molecular complexity index is 848. The normalized spacial score (nSPS) is 22.5. The maximum absolute atomic E-state index is 13.0. The van der Waals surface area contributed by atoms with Crippen molar-refractivity contribution in [1.29, 1.82) is 0 Å². The largest absolute Gasteiger partial charge is 0.353 e. The predicted octanol–water partition coefficient (Wildman–Crippen LogP) is 5.33. The molecular weight excluding hydrogens is 390 g/mol. The first kappa shape index (κ1) is 21.7. The van der Waals surface area contributed by atoms with E-state index in [1.807, 2.05) is 48.5 Å². The van der Waals surface area contributed by atoms with Gasteiger partial charge in [-0.25, -0.2) is 0 Å². The topological polar surface area (TPSA) is 55.8 Å². The molecule has 0 N–H and O–H groups in total. The Hall–Kier alpha value is -2.50. The summed E-state index contributed by atoms with van der Waals surface area (Å²) < 4.78 is 12.1. The molecule has 0 bridgehead atoms. The summed E-state index contributed by atoms with van der Waals surface area (Å²) >= 11 is 0. The molecule has 0 spiro atoms. The minimum Gasteiger partial charge on any atom is -0.353 e. The van der Waals surface area contributed by atoms with Crippen LogP contribution in [0.3, 0.4) is 0 Å². The smallest absolute Gasteiger partial charge is 0.229 e. The zero-order valence-corrected chi connectivity index (χ0v) is 17.9. The van der Waals surface area contributed by atoms with Gasteiger partial charge in [0.2, 0.25) is 11.8 Å². The summed E-state index contributed by atoms with van der Waals surface area (Å²) in [7, 11) is 0. The van der Waals surface area contributed by atoms with E-state index in [0.717, 1.165) is 37.0 Å². The summed E-state index contributed by atoms with van der Waals surface area (Å²) in [6, 6.07) is 19.8. The van der Waals surface area contributed by atoms with Crippen molar-refractivity contribution in [2.45, 2.75) is 69.8 Å². The molecule has 2 amide bonds. The van der Waals surface area contributed by atoms with Gasteiger partial charge in [-0.1, -0.05) is 60.7 Å². The van der Waals surface area contributed by atoms with Gasteiger partial charge in [0.15, 0.2) is 6.29 Å². The lowest BCUT2D eigenvalue weighted by Crippen LogP contribution is -2.34. The number of ether oxygens (including phenoxy) is 2. The second-order valence-electron chi connectivity index (χ2n) is 8.35. The van der Waals surface area contributed by atoms with Crippen molar-refractivity contribution in [3.05, 3.63) is 71.8 Å². The van der Waals surface area contributed by atoms with Crippen LogP contribution in [0.1, 0.15) is 74.6 Å². The number of likely N-dealkylation sites (tertiary alicyclic amines) is 1. The van der Waals surface area contributed by atoms with Gasteiger partial charge < -0.3 is 9.47 Å². The van der Waals surface area contributed by atoms with E-state index < -0.39 is 0 Å². The molecule has 31 heavy (non-hydrogen) atoms. The van der Waals surface area contributed by atoms with Gasteiger partial charge in [-0.05, 0) is 49.7 Å². The van der Waals surface area contributed by atoms with Crippen molar-refractivity contribution in [2.24, 2.45) is 0 Å². The van der Waals surface area contributed by atoms with E-state index >= 15 is 0 Å². The van der Waals surface area contributed by atoms with E-state index in [1.165, 1.54) is 4.90 Å². The van der Waals surface area contributed by atoms with Crippen molar-refractivity contribution in [2.75, 3.05) is 6.61 Å². The Labute approximate surface area is 184 Å². The van der Waals surface area contributed by atoms with Crippen LogP contribution in [-0.4, -0.2) is 29.6 Å². The molecule has 1 unspecified atom stereocenters. The van der Waals surface area contributed by atoms with E-state index in [-0.39, 0.29) is 30.3 Å². The van der Waals surface area contributed by atoms with Crippen molar-refractivity contribution < 1.29 is 19.1 Å². The summed E-state index contributed by atoms with van der Waals surface area (Å²) in [5.41, 5.74) is 2.13. The van der Waals surface area contributed by atoms with Gasteiger partial charge in [0.05, 0.1) is 12.1 Å². The van der Waals surface area contributed by atoms with Crippen LogP contribution in [0.25, 0.3) is 0 Å². The molecule has 0 radical (unpaired) electrons. The van der Waals surface area contributed by atoms with Gasteiger partial charge in [-0.3, -0.25) is 14.5 Å². The number of benzene rings is 2. The first-order valence-corrected chi connectivity index (χ1v) is 11.4. The Morgan fingerprint density at radius 3 is 2.48 bits per heavy atom. The number of nitrogens with zero attached hydrogens (tertiary/aromatic N) is 1. The van der Waals surface area contributed by atoms with Crippen LogP contribution in [0.4, 0.5) is 0 Å². The fraction of sp³-hybridized carbons (Fsp3) is 0.462. The van der Waals surface area contributed by atoms with Gasteiger partial charge >= 0.3 is 0 Å². The first-order chi connectivity index (χ1) is 15.2. The molecule has 2 aliphatic heterocycles. The minimum absolute atomic E-state index is 0.0645. The standard InChI is InChI=1S/C26H31NO4/c28-24(27-22(17-18-25(27)29)20-10-3-1-4-11-20)15-9-14-23(21-12-5-2-6-13-21)31-26-16-7-8-19-30-26/h1-6,10-13,22-23,26H,7-9,14-19H2/t22-,23+,26?/m1/s1. The molecule has 5 heteroatoms. The summed E-state index contributed by atoms with van der Waals surface area (Å²) in [6.07, 6.45) is 5.65. The van der Waals surface area contributed by atoms with E-state index in [2.05, 4.69) is 12.1 Å².